The number of rotatable bonds is 0. The van der Waals surface area contributed by atoms with Crippen LogP contribution < -0.4 is 10.2 Å². The number of hydrogen-bond acceptors (Lipinski definition) is 4. The molecular weight excluding hydrogens is 206 g/mol. The summed E-state index contributed by atoms with van der Waals surface area (Å²) in [6, 6.07) is 0. The van der Waals surface area contributed by atoms with E-state index in [-0.39, 0.29) is 42.9 Å². The first-order chi connectivity index (χ1) is 3.46. The van der Waals surface area contributed by atoms with Gasteiger partial charge >= 0.3 is 29.2 Å². The van der Waals surface area contributed by atoms with E-state index in [1.165, 1.54) is 0 Å². The molecule has 0 aromatic heterocycles. The first-order valence-electron chi connectivity index (χ1n) is 1.26. The third-order valence-electron chi connectivity index (χ3n) is 0. The number of carbonyl (C=O) groups excluding carboxylic acids is 1. The molecular formula is C2H8MgO6P2. The summed E-state index contributed by atoms with van der Waals surface area (Å²) in [7, 11) is 0. The normalized spacial score (nSPS) is 4.36. The zero-order valence-corrected chi connectivity index (χ0v) is 9.89. The Labute approximate surface area is 85.4 Å². The predicted molar refractivity (Wildman–Crippen MR) is 44.0 cm³/mol. The number of carbonyl (C=O) groups is 2. The summed E-state index contributed by atoms with van der Waals surface area (Å²) >= 11 is 0. The molecule has 0 aliphatic rings. The summed E-state index contributed by atoms with van der Waals surface area (Å²) in [5, 5.41) is 30.6. The molecule has 2 unspecified atom stereocenters. The van der Waals surface area contributed by atoms with Gasteiger partial charge in [0.1, 0.15) is 0 Å². The average molecular weight is 214 g/mol. The van der Waals surface area contributed by atoms with Crippen molar-refractivity contribution in [1.29, 1.82) is 0 Å². The molecule has 2 N–H and O–H groups in total. The Balaban J connectivity index is -0.0000000171. The largest absolute Gasteiger partial charge is 2.00 e. The fourth-order valence-corrected chi connectivity index (χ4v) is 0. The Bertz CT molecular complexity index is 76.6. The summed E-state index contributed by atoms with van der Waals surface area (Å²) in [6.45, 7) is 0. The quantitative estimate of drug-likeness (QED) is 0.340. The first kappa shape index (κ1) is 30.4. The molecule has 0 radical (unpaired) electrons. The van der Waals surface area contributed by atoms with Crippen molar-refractivity contribution in [2.75, 3.05) is 0 Å². The zero-order valence-electron chi connectivity index (χ0n) is 5.65. The van der Waals surface area contributed by atoms with Crippen molar-refractivity contribution in [2.24, 2.45) is 0 Å². The molecule has 0 spiro atoms. The molecule has 0 saturated carbocycles. The van der Waals surface area contributed by atoms with Gasteiger partial charge in [0.2, 0.25) is 0 Å². The minimum Gasteiger partial charge on any atom is -0.652 e. The minimum atomic E-state index is -2.33. The molecule has 64 valence electrons. The maximum Gasteiger partial charge on any atom is 2.00 e. The van der Waals surface area contributed by atoms with Crippen molar-refractivity contribution in [3.8, 4) is 0 Å². The van der Waals surface area contributed by atoms with Crippen molar-refractivity contribution < 1.29 is 30.0 Å². The second kappa shape index (κ2) is 22.5. The Morgan fingerprint density at radius 3 is 1.00 bits per heavy atom. The Kier molecular flexibility index (Phi) is 62.0. The van der Waals surface area contributed by atoms with E-state index in [4.69, 9.17) is 30.0 Å². The van der Waals surface area contributed by atoms with Crippen LogP contribution in [0.2, 0.25) is 0 Å². The molecule has 2 atom stereocenters. The molecule has 11 heavy (non-hydrogen) atoms. The molecule has 0 aliphatic carbocycles. The molecule has 0 fully saturated rings. The third-order valence-corrected chi connectivity index (χ3v) is 0. The van der Waals surface area contributed by atoms with Gasteiger partial charge in [0, 0.05) is 0 Å². The van der Waals surface area contributed by atoms with Crippen LogP contribution in [-0.2, 0) is 0 Å². The number of hydrogen-bond donors (Lipinski definition) is 2. The first-order valence-corrected chi connectivity index (χ1v) is 1.26. The van der Waals surface area contributed by atoms with Gasteiger partial charge in [-0.1, -0.05) is 0 Å². The summed E-state index contributed by atoms with van der Waals surface area (Å²) in [5.74, 6) is 0. The molecule has 9 heteroatoms. The van der Waals surface area contributed by atoms with Crippen molar-refractivity contribution in [3.63, 3.8) is 0 Å². The Morgan fingerprint density at radius 2 is 1.00 bits per heavy atom. The SMILES string of the molecule is O=C(O)O.O=C([O-])[O-].P.P.[Mg+2]. The molecule has 6 nitrogen and oxygen atoms in total. The van der Waals surface area contributed by atoms with Crippen molar-refractivity contribution in [2.45, 2.75) is 0 Å². The van der Waals surface area contributed by atoms with Gasteiger partial charge in [-0.05, 0) is 6.16 Å². The topological polar surface area (TPSA) is 121 Å². The van der Waals surface area contributed by atoms with Gasteiger partial charge in [-0.25, -0.2) is 4.79 Å². The molecule has 0 aliphatic heterocycles. The van der Waals surface area contributed by atoms with Crippen molar-refractivity contribution in [3.05, 3.63) is 0 Å². The minimum absolute atomic E-state index is 0. The molecule has 0 saturated heterocycles. The van der Waals surface area contributed by atoms with Gasteiger partial charge in [-0.15, -0.1) is 0 Å². The van der Waals surface area contributed by atoms with E-state index in [0.29, 0.717) is 0 Å². The third kappa shape index (κ3) is 24500. The van der Waals surface area contributed by atoms with Crippen LogP contribution >= 0.6 is 19.8 Å². The van der Waals surface area contributed by atoms with E-state index >= 15 is 0 Å². The van der Waals surface area contributed by atoms with Gasteiger partial charge in [0.15, 0.2) is 0 Å². The molecule has 0 heterocycles. The van der Waals surface area contributed by atoms with Crippen LogP contribution in [0.25, 0.3) is 0 Å². The van der Waals surface area contributed by atoms with Gasteiger partial charge in [-0.3, -0.25) is 0 Å². The summed E-state index contributed by atoms with van der Waals surface area (Å²) < 4.78 is 0. The summed E-state index contributed by atoms with van der Waals surface area (Å²) in [6.07, 6.45) is -4.17. The zero-order chi connectivity index (χ0) is 7.15. The van der Waals surface area contributed by atoms with Crippen molar-refractivity contribution >= 4 is 55.2 Å². The van der Waals surface area contributed by atoms with E-state index in [1.54, 1.807) is 0 Å². The fraction of sp³-hybridized carbons (Fsp3) is 0. The Hall–Kier alpha value is 0.166. The van der Waals surface area contributed by atoms with Crippen LogP contribution in [-0.4, -0.2) is 45.6 Å². The van der Waals surface area contributed by atoms with E-state index < -0.39 is 12.3 Å². The van der Waals surface area contributed by atoms with E-state index in [0.717, 1.165) is 0 Å². The molecule has 0 rings (SSSR count). The van der Waals surface area contributed by atoms with Crippen molar-refractivity contribution in [1.82, 2.24) is 0 Å². The van der Waals surface area contributed by atoms with Gasteiger partial charge in [0.05, 0.1) is 0 Å². The molecule has 0 aromatic carbocycles. The van der Waals surface area contributed by atoms with Crippen LogP contribution in [0, 0.1) is 0 Å². The van der Waals surface area contributed by atoms with Crippen LogP contribution in [0.15, 0.2) is 0 Å². The van der Waals surface area contributed by atoms with Crippen LogP contribution in [0.5, 0.6) is 0 Å². The van der Waals surface area contributed by atoms with E-state index in [2.05, 4.69) is 0 Å². The fourth-order valence-electron chi connectivity index (χ4n) is 0. The summed E-state index contributed by atoms with van der Waals surface area (Å²) in [5.41, 5.74) is 0. The van der Waals surface area contributed by atoms with Crippen LogP contribution in [0.3, 0.4) is 0 Å². The second-order valence-corrected chi connectivity index (χ2v) is 0.533. The maximum atomic E-state index is 8.56. The molecule has 0 amide bonds. The molecule has 0 aromatic rings. The van der Waals surface area contributed by atoms with Crippen LogP contribution in [0.1, 0.15) is 0 Å². The van der Waals surface area contributed by atoms with E-state index in [9.17, 15) is 0 Å². The second-order valence-electron chi connectivity index (χ2n) is 0.533. The van der Waals surface area contributed by atoms with Gasteiger partial charge < -0.3 is 25.2 Å². The number of carboxylic acid groups (broad SMARTS) is 4. The van der Waals surface area contributed by atoms with Crippen LogP contribution in [0.4, 0.5) is 9.59 Å². The van der Waals surface area contributed by atoms with Gasteiger partial charge in [-0.2, -0.15) is 19.8 Å². The summed E-state index contributed by atoms with van der Waals surface area (Å²) in [4.78, 5) is 16.9. The average Bonchev–Trinajstić information content (AvgIpc) is 1.25. The van der Waals surface area contributed by atoms with Gasteiger partial charge in [0.25, 0.3) is 0 Å². The smallest absolute Gasteiger partial charge is 0.652 e. The maximum absolute atomic E-state index is 8.56. The molecule has 0 bridgehead atoms. The van der Waals surface area contributed by atoms with E-state index in [1.807, 2.05) is 0 Å². The predicted octanol–water partition coefficient (Wildman–Crippen LogP) is -2.49. The standard InChI is InChI=1S/2CH2O3.Mg.2H3P/c2*2-1(3)4;;;/h2*(H2,2,3,4);;2*1H3/q;;+2;;/p-2. The Morgan fingerprint density at radius 1 is 1.00 bits per heavy atom. The monoisotopic (exact) mass is 214 g/mol.